The van der Waals surface area contributed by atoms with Crippen molar-refractivity contribution in [3.8, 4) is 16.2 Å². The molecule has 1 N–H and O–H groups in total. The van der Waals surface area contributed by atoms with Gasteiger partial charge in [-0.1, -0.05) is 18.2 Å². The topological polar surface area (TPSA) is 58.6 Å². The summed E-state index contributed by atoms with van der Waals surface area (Å²) in [4.78, 5) is 28.2. The van der Waals surface area contributed by atoms with Crippen LogP contribution < -0.4 is 10.1 Å². The molecule has 1 aliphatic rings. The number of benzene rings is 2. The zero-order chi connectivity index (χ0) is 21.8. The average Bonchev–Trinajstić information content (AvgIpc) is 3.43. The fraction of sp³-hybridized carbons (Fsp3) is 0.250. The molecule has 1 saturated heterocycles. The van der Waals surface area contributed by atoms with E-state index >= 15 is 0 Å². The summed E-state index contributed by atoms with van der Waals surface area (Å²) in [6.45, 7) is 3.50. The van der Waals surface area contributed by atoms with Gasteiger partial charge in [0.25, 0.3) is 11.8 Å². The lowest BCUT2D eigenvalue weighted by atomic mass is 10.1. The summed E-state index contributed by atoms with van der Waals surface area (Å²) in [7, 11) is 0. The summed E-state index contributed by atoms with van der Waals surface area (Å²) in [5, 5.41) is 2.88. The van der Waals surface area contributed by atoms with Gasteiger partial charge in [-0.2, -0.15) is 0 Å². The zero-order valence-corrected chi connectivity index (χ0v) is 18.0. The summed E-state index contributed by atoms with van der Waals surface area (Å²) in [6.07, 6.45) is 2.08. The Hall–Kier alpha value is -3.19. The van der Waals surface area contributed by atoms with Crippen LogP contribution in [0.2, 0.25) is 0 Å². The van der Waals surface area contributed by atoms with E-state index in [0.29, 0.717) is 16.3 Å². The smallest absolute Gasteiger partial charge is 0.265 e. The first-order valence-corrected chi connectivity index (χ1v) is 11.0. The highest BCUT2D eigenvalue weighted by Gasteiger charge is 2.18. The van der Waals surface area contributed by atoms with Gasteiger partial charge in [-0.3, -0.25) is 9.59 Å². The highest BCUT2D eigenvalue weighted by molar-refractivity contribution is 7.17. The Morgan fingerprint density at radius 3 is 2.58 bits per heavy atom. The standard InChI is InChI=1S/C24H23FN2O3S/c1-16-13-21(31-23(16)17-7-9-18(25)10-8-17)24(29)26-19-5-4-6-20(14-19)30-15-22(28)27-11-2-3-12-27/h4-10,13-14H,2-3,11-12,15H2,1H3,(H,26,29). The molecule has 2 aromatic carbocycles. The molecular formula is C24H23FN2O3S. The van der Waals surface area contributed by atoms with Crippen molar-refractivity contribution in [2.24, 2.45) is 0 Å². The molecule has 5 nitrogen and oxygen atoms in total. The van der Waals surface area contributed by atoms with Gasteiger partial charge < -0.3 is 15.0 Å². The van der Waals surface area contributed by atoms with E-state index in [9.17, 15) is 14.0 Å². The van der Waals surface area contributed by atoms with Crippen molar-refractivity contribution in [2.45, 2.75) is 19.8 Å². The second-order valence-electron chi connectivity index (χ2n) is 7.49. The van der Waals surface area contributed by atoms with Crippen LogP contribution in [-0.4, -0.2) is 36.4 Å². The van der Waals surface area contributed by atoms with Gasteiger partial charge in [-0.15, -0.1) is 11.3 Å². The zero-order valence-electron chi connectivity index (χ0n) is 17.2. The molecule has 7 heteroatoms. The monoisotopic (exact) mass is 438 g/mol. The largest absolute Gasteiger partial charge is 0.484 e. The van der Waals surface area contributed by atoms with Gasteiger partial charge in [-0.05, 0) is 61.2 Å². The second-order valence-corrected chi connectivity index (χ2v) is 8.54. The van der Waals surface area contributed by atoms with Gasteiger partial charge in [-0.25, -0.2) is 4.39 Å². The number of rotatable bonds is 6. The number of nitrogens with zero attached hydrogens (tertiary/aromatic N) is 1. The van der Waals surface area contributed by atoms with Crippen molar-refractivity contribution in [2.75, 3.05) is 25.0 Å². The van der Waals surface area contributed by atoms with Crippen molar-refractivity contribution in [1.29, 1.82) is 0 Å². The number of carbonyl (C=O) groups is 2. The first-order chi connectivity index (χ1) is 15.0. The molecule has 0 spiro atoms. The summed E-state index contributed by atoms with van der Waals surface area (Å²) in [5.41, 5.74) is 2.42. The lowest BCUT2D eigenvalue weighted by molar-refractivity contribution is -0.132. The van der Waals surface area contributed by atoms with Gasteiger partial charge in [0.15, 0.2) is 6.61 Å². The molecule has 31 heavy (non-hydrogen) atoms. The van der Waals surface area contributed by atoms with E-state index in [-0.39, 0.29) is 24.2 Å². The Bertz CT molecular complexity index is 1090. The minimum atomic E-state index is -0.292. The van der Waals surface area contributed by atoms with Crippen molar-refractivity contribution in [1.82, 2.24) is 4.90 Å². The summed E-state index contributed by atoms with van der Waals surface area (Å²) in [5.74, 6) is -0.0130. The molecule has 0 atom stereocenters. The predicted molar refractivity (Wildman–Crippen MR) is 120 cm³/mol. The molecule has 0 unspecified atom stereocenters. The minimum absolute atomic E-state index is 0.0114. The van der Waals surface area contributed by atoms with E-state index < -0.39 is 0 Å². The molecule has 0 saturated carbocycles. The van der Waals surface area contributed by atoms with Crippen molar-refractivity contribution >= 4 is 28.8 Å². The number of ether oxygens (including phenoxy) is 1. The van der Waals surface area contributed by atoms with Crippen LogP contribution in [0.4, 0.5) is 10.1 Å². The lowest BCUT2D eigenvalue weighted by Gasteiger charge is -2.15. The minimum Gasteiger partial charge on any atom is -0.484 e. The van der Waals surface area contributed by atoms with Gasteiger partial charge >= 0.3 is 0 Å². The highest BCUT2D eigenvalue weighted by atomic mass is 32.1. The number of halogens is 1. The molecular weight excluding hydrogens is 415 g/mol. The number of likely N-dealkylation sites (tertiary alicyclic amines) is 1. The summed E-state index contributed by atoms with van der Waals surface area (Å²) < 4.78 is 18.8. The second kappa shape index (κ2) is 9.31. The molecule has 0 bridgehead atoms. The molecule has 0 aliphatic carbocycles. The number of anilines is 1. The van der Waals surface area contributed by atoms with Crippen LogP contribution in [0.15, 0.2) is 54.6 Å². The molecule has 3 aromatic rings. The number of amides is 2. The number of aryl methyl sites for hydroxylation is 1. The maximum absolute atomic E-state index is 13.2. The normalized spacial score (nSPS) is 13.3. The Labute approximate surface area is 184 Å². The number of hydrogen-bond acceptors (Lipinski definition) is 4. The Balaban J connectivity index is 1.40. The molecule has 1 fully saturated rings. The van der Waals surface area contributed by atoms with Crippen molar-refractivity contribution < 1.29 is 18.7 Å². The van der Waals surface area contributed by atoms with E-state index in [4.69, 9.17) is 4.74 Å². The van der Waals surface area contributed by atoms with Crippen molar-refractivity contribution in [3.63, 3.8) is 0 Å². The van der Waals surface area contributed by atoms with Gasteiger partial charge in [0, 0.05) is 29.7 Å². The van der Waals surface area contributed by atoms with E-state index in [1.165, 1.54) is 23.5 Å². The van der Waals surface area contributed by atoms with Crippen LogP contribution in [-0.2, 0) is 4.79 Å². The molecule has 4 rings (SSSR count). The van der Waals surface area contributed by atoms with Crippen LogP contribution in [0.3, 0.4) is 0 Å². The fourth-order valence-electron chi connectivity index (χ4n) is 3.54. The van der Waals surface area contributed by atoms with E-state index in [0.717, 1.165) is 41.9 Å². The Morgan fingerprint density at radius 1 is 1.10 bits per heavy atom. The first kappa shape index (κ1) is 21.1. The number of thiophene rings is 1. The summed E-state index contributed by atoms with van der Waals surface area (Å²) >= 11 is 1.36. The van der Waals surface area contributed by atoms with E-state index in [1.54, 1.807) is 36.4 Å². The number of carbonyl (C=O) groups excluding carboxylic acids is 2. The maximum Gasteiger partial charge on any atom is 0.265 e. The third-order valence-corrected chi connectivity index (χ3v) is 6.45. The van der Waals surface area contributed by atoms with Crippen LogP contribution >= 0.6 is 11.3 Å². The molecule has 2 amide bonds. The van der Waals surface area contributed by atoms with Gasteiger partial charge in [0.2, 0.25) is 0 Å². The lowest BCUT2D eigenvalue weighted by Crippen LogP contribution is -2.32. The Kier molecular flexibility index (Phi) is 6.32. The van der Waals surface area contributed by atoms with Crippen LogP contribution in [0.5, 0.6) is 5.75 Å². The van der Waals surface area contributed by atoms with Gasteiger partial charge in [0.05, 0.1) is 4.88 Å². The third kappa shape index (κ3) is 5.11. The third-order valence-electron chi connectivity index (χ3n) is 5.16. The number of nitrogens with one attached hydrogen (secondary N) is 1. The van der Waals surface area contributed by atoms with Crippen LogP contribution in [0.1, 0.15) is 28.1 Å². The van der Waals surface area contributed by atoms with Crippen LogP contribution in [0, 0.1) is 12.7 Å². The molecule has 2 heterocycles. The summed E-state index contributed by atoms with van der Waals surface area (Å²) in [6, 6.07) is 15.1. The maximum atomic E-state index is 13.2. The van der Waals surface area contributed by atoms with Crippen LogP contribution in [0.25, 0.3) is 10.4 Å². The highest BCUT2D eigenvalue weighted by Crippen LogP contribution is 2.33. The predicted octanol–water partition coefficient (Wildman–Crippen LogP) is 5.12. The molecule has 160 valence electrons. The fourth-order valence-corrected chi connectivity index (χ4v) is 4.61. The SMILES string of the molecule is Cc1cc(C(=O)Nc2cccc(OCC(=O)N3CCCC3)c2)sc1-c1ccc(F)cc1. The van der Waals surface area contributed by atoms with Gasteiger partial charge in [0.1, 0.15) is 11.6 Å². The molecule has 1 aliphatic heterocycles. The quantitative estimate of drug-likeness (QED) is 0.581. The van der Waals surface area contributed by atoms with E-state index in [1.807, 2.05) is 17.9 Å². The number of hydrogen-bond donors (Lipinski definition) is 1. The molecule has 0 radical (unpaired) electrons. The Morgan fingerprint density at radius 2 is 1.84 bits per heavy atom. The van der Waals surface area contributed by atoms with E-state index in [2.05, 4.69) is 5.32 Å². The van der Waals surface area contributed by atoms with Crippen molar-refractivity contribution in [3.05, 3.63) is 70.9 Å². The molecule has 1 aromatic heterocycles. The average molecular weight is 439 g/mol. The first-order valence-electron chi connectivity index (χ1n) is 10.2.